The van der Waals surface area contributed by atoms with E-state index in [1.807, 2.05) is 32.0 Å². The maximum absolute atomic E-state index is 12.4. The molecule has 2 aromatic carbocycles. The van der Waals surface area contributed by atoms with E-state index in [2.05, 4.69) is 14.7 Å². The molecule has 0 fully saturated rings. The summed E-state index contributed by atoms with van der Waals surface area (Å²) in [6.07, 6.45) is 1.75. The van der Waals surface area contributed by atoms with Gasteiger partial charge >= 0.3 is 0 Å². The second kappa shape index (κ2) is 5.89. The van der Waals surface area contributed by atoms with Crippen molar-refractivity contribution < 1.29 is 8.42 Å². The van der Waals surface area contributed by atoms with Crippen molar-refractivity contribution >= 4 is 15.7 Å². The Morgan fingerprint density at radius 3 is 2.39 bits per heavy atom. The van der Waals surface area contributed by atoms with Gasteiger partial charge in [-0.05, 0) is 49.2 Å². The molecular formula is C17H17N3O2S. The van der Waals surface area contributed by atoms with Crippen molar-refractivity contribution in [2.75, 3.05) is 4.72 Å². The van der Waals surface area contributed by atoms with Crippen LogP contribution in [0.3, 0.4) is 0 Å². The molecule has 0 bridgehead atoms. The summed E-state index contributed by atoms with van der Waals surface area (Å²) < 4.78 is 27.4. The number of imidazole rings is 1. The lowest BCUT2D eigenvalue weighted by Gasteiger charge is -2.09. The summed E-state index contributed by atoms with van der Waals surface area (Å²) >= 11 is 0. The van der Waals surface area contributed by atoms with E-state index in [9.17, 15) is 8.42 Å². The standard InChI is InChI=1S/C17H17N3O2S/c1-12-4-3-5-16(10-12)23(21,22)20-15-8-6-14(7-9-15)17-11-18-13(2)19-17/h3-11,20H,1-2H3,(H,18,19). The summed E-state index contributed by atoms with van der Waals surface area (Å²) in [6.45, 7) is 3.74. The average Bonchev–Trinajstić information content (AvgIpc) is 2.94. The maximum atomic E-state index is 12.4. The first-order chi connectivity index (χ1) is 10.9. The van der Waals surface area contributed by atoms with Crippen LogP contribution in [0.4, 0.5) is 5.69 Å². The minimum absolute atomic E-state index is 0.255. The Morgan fingerprint density at radius 2 is 1.78 bits per heavy atom. The maximum Gasteiger partial charge on any atom is 0.261 e. The third kappa shape index (κ3) is 3.43. The predicted octanol–water partition coefficient (Wildman–Crippen LogP) is 3.49. The van der Waals surface area contributed by atoms with Gasteiger partial charge in [0, 0.05) is 5.69 Å². The van der Waals surface area contributed by atoms with Gasteiger partial charge in [0.05, 0.1) is 16.8 Å². The zero-order chi connectivity index (χ0) is 16.4. The largest absolute Gasteiger partial charge is 0.342 e. The Kier molecular flexibility index (Phi) is 3.92. The van der Waals surface area contributed by atoms with Crippen LogP contribution in [0.15, 0.2) is 59.6 Å². The molecule has 0 aliphatic heterocycles. The zero-order valence-electron chi connectivity index (χ0n) is 12.9. The van der Waals surface area contributed by atoms with Gasteiger partial charge in [-0.25, -0.2) is 13.4 Å². The average molecular weight is 327 g/mol. The number of hydrogen-bond acceptors (Lipinski definition) is 3. The number of aromatic nitrogens is 2. The smallest absolute Gasteiger partial charge is 0.261 e. The topological polar surface area (TPSA) is 74.8 Å². The second-order valence-electron chi connectivity index (χ2n) is 5.38. The number of benzene rings is 2. The fourth-order valence-electron chi connectivity index (χ4n) is 2.28. The van der Waals surface area contributed by atoms with Crippen molar-refractivity contribution in [2.24, 2.45) is 0 Å². The molecule has 1 heterocycles. The second-order valence-corrected chi connectivity index (χ2v) is 7.06. The normalized spacial score (nSPS) is 11.4. The number of aryl methyl sites for hydroxylation is 2. The van der Waals surface area contributed by atoms with Crippen molar-refractivity contribution in [1.82, 2.24) is 9.97 Å². The van der Waals surface area contributed by atoms with Gasteiger partial charge in [-0.15, -0.1) is 0 Å². The fourth-order valence-corrected chi connectivity index (χ4v) is 3.44. The highest BCUT2D eigenvalue weighted by molar-refractivity contribution is 7.92. The minimum atomic E-state index is -3.58. The summed E-state index contributed by atoms with van der Waals surface area (Å²) in [5.74, 6) is 0.837. The van der Waals surface area contributed by atoms with E-state index in [1.54, 1.807) is 36.5 Å². The van der Waals surface area contributed by atoms with Crippen molar-refractivity contribution in [2.45, 2.75) is 18.7 Å². The van der Waals surface area contributed by atoms with Crippen LogP contribution in [0.5, 0.6) is 0 Å². The van der Waals surface area contributed by atoms with E-state index in [4.69, 9.17) is 0 Å². The van der Waals surface area contributed by atoms with E-state index in [0.29, 0.717) is 5.69 Å². The first-order valence-corrected chi connectivity index (χ1v) is 8.64. The van der Waals surface area contributed by atoms with Gasteiger partial charge in [0.2, 0.25) is 0 Å². The number of anilines is 1. The highest BCUT2D eigenvalue weighted by atomic mass is 32.2. The highest BCUT2D eigenvalue weighted by Crippen LogP contribution is 2.22. The van der Waals surface area contributed by atoms with Gasteiger partial charge in [0.25, 0.3) is 10.0 Å². The lowest BCUT2D eigenvalue weighted by molar-refractivity contribution is 0.601. The molecule has 0 saturated heterocycles. The number of rotatable bonds is 4. The Labute approximate surface area is 135 Å². The van der Waals surface area contributed by atoms with Crippen LogP contribution >= 0.6 is 0 Å². The van der Waals surface area contributed by atoms with Gasteiger partial charge in [-0.3, -0.25) is 4.72 Å². The lowest BCUT2D eigenvalue weighted by atomic mass is 10.1. The Hall–Kier alpha value is -2.60. The molecule has 0 saturated carbocycles. The fraction of sp³-hybridized carbons (Fsp3) is 0.118. The van der Waals surface area contributed by atoms with Gasteiger partial charge in [-0.1, -0.05) is 24.3 Å². The molecule has 0 unspecified atom stereocenters. The molecular weight excluding hydrogens is 310 g/mol. The van der Waals surface area contributed by atoms with Crippen LogP contribution < -0.4 is 4.72 Å². The van der Waals surface area contributed by atoms with Gasteiger partial charge in [0.15, 0.2) is 0 Å². The van der Waals surface area contributed by atoms with Crippen LogP contribution in [0.2, 0.25) is 0 Å². The number of sulfonamides is 1. The molecule has 0 aliphatic carbocycles. The summed E-state index contributed by atoms with van der Waals surface area (Å²) in [4.78, 5) is 7.55. The van der Waals surface area contributed by atoms with E-state index in [0.717, 1.165) is 22.6 Å². The van der Waals surface area contributed by atoms with E-state index in [1.165, 1.54) is 0 Å². The van der Waals surface area contributed by atoms with Gasteiger partial charge < -0.3 is 4.98 Å². The third-order valence-electron chi connectivity index (χ3n) is 3.45. The zero-order valence-corrected chi connectivity index (χ0v) is 13.7. The molecule has 23 heavy (non-hydrogen) atoms. The Balaban J connectivity index is 1.83. The van der Waals surface area contributed by atoms with Crippen LogP contribution in [0.1, 0.15) is 11.4 Å². The van der Waals surface area contributed by atoms with Crippen LogP contribution in [0, 0.1) is 13.8 Å². The van der Waals surface area contributed by atoms with Gasteiger partial charge in [0.1, 0.15) is 5.82 Å². The van der Waals surface area contributed by atoms with Crippen LogP contribution in [-0.2, 0) is 10.0 Å². The molecule has 0 spiro atoms. The first kappa shape index (κ1) is 15.3. The minimum Gasteiger partial charge on any atom is -0.342 e. The molecule has 0 radical (unpaired) electrons. The number of aromatic amines is 1. The molecule has 1 aromatic heterocycles. The molecule has 3 aromatic rings. The summed E-state index contributed by atoms with van der Waals surface area (Å²) in [5.41, 5.74) is 3.27. The Bertz CT molecular complexity index is 928. The van der Waals surface area contributed by atoms with Crippen molar-refractivity contribution in [3.05, 3.63) is 66.1 Å². The van der Waals surface area contributed by atoms with E-state index >= 15 is 0 Å². The molecule has 0 atom stereocenters. The van der Waals surface area contributed by atoms with Gasteiger partial charge in [-0.2, -0.15) is 0 Å². The molecule has 0 amide bonds. The predicted molar refractivity (Wildman–Crippen MR) is 90.7 cm³/mol. The summed E-state index contributed by atoms with van der Waals surface area (Å²) in [5, 5.41) is 0. The number of H-pyrrole nitrogens is 1. The number of hydrogen-bond donors (Lipinski definition) is 2. The number of nitrogens with one attached hydrogen (secondary N) is 2. The molecule has 0 aliphatic rings. The van der Waals surface area contributed by atoms with Crippen molar-refractivity contribution in [3.8, 4) is 11.3 Å². The quantitative estimate of drug-likeness (QED) is 0.770. The monoisotopic (exact) mass is 327 g/mol. The first-order valence-electron chi connectivity index (χ1n) is 7.15. The van der Waals surface area contributed by atoms with Crippen LogP contribution in [0.25, 0.3) is 11.3 Å². The van der Waals surface area contributed by atoms with E-state index < -0.39 is 10.0 Å². The molecule has 2 N–H and O–H groups in total. The molecule has 6 heteroatoms. The number of nitrogens with zero attached hydrogens (tertiary/aromatic N) is 1. The van der Waals surface area contributed by atoms with E-state index in [-0.39, 0.29) is 4.90 Å². The molecule has 118 valence electrons. The summed E-state index contributed by atoms with van der Waals surface area (Å²) in [6, 6.07) is 14.0. The molecule has 5 nitrogen and oxygen atoms in total. The Morgan fingerprint density at radius 1 is 1.04 bits per heavy atom. The van der Waals surface area contributed by atoms with Crippen molar-refractivity contribution in [1.29, 1.82) is 0 Å². The summed E-state index contributed by atoms with van der Waals surface area (Å²) in [7, 11) is -3.58. The van der Waals surface area contributed by atoms with Crippen molar-refractivity contribution in [3.63, 3.8) is 0 Å². The van der Waals surface area contributed by atoms with Crippen LogP contribution in [-0.4, -0.2) is 18.4 Å². The molecule has 3 rings (SSSR count). The third-order valence-corrected chi connectivity index (χ3v) is 4.83. The highest BCUT2D eigenvalue weighted by Gasteiger charge is 2.14. The SMILES string of the molecule is Cc1cccc(S(=O)(=O)Nc2ccc(-c3cnc(C)[nH]3)cc2)c1. The lowest BCUT2D eigenvalue weighted by Crippen LogP contribution is -2.12.